The van der Waals surface area contributed by atoms with E-state index >= 15 is 0 Å². The van der Waals surface area contributed by atoms with Crippen molar-refractivity contribution in [3.05, 3.63) is 95.8 Å². The van der Waals surface area contributed by atoms with E-state index in [2.05, 4.69) is 5.32 Å². The Balaban J connectivity index is 1.59. The number of hydrogen-bond acceptors (Lipinski definition) is 3. The van der Waals surface area contributed by atoms with Crippen molar-refractivity contribution >= 4 is 29.0 Å². The number of halogens is 1. The topological polar surface area (TPSA) is 58.4 Å². The average Bonchev–Trinajstić information content (AvgIpc) is 2.71. The Hall–Kier alpha value is -3.60. The Morgan fingerprint density at radius 3 is 2.54 bits per heavy atom. The fraction of sp³-hybridized carbons (Fsp3) is 0.0870. The number of nitrogens with one attached hydrogen (secondary N) is 1. The summed E-state index contributed by atoms with van der Waals surface area (Å²) in [5, 5.41) is 3.18. The molecule has 3 N–H and O–H groups in total. The largest absolute Gasteiger partial charge is 0.397 e. The molecule has 0 unspecified atom stereocenters. The molecule has 1 amide bonds. The molecule has 0 radical (unpaired) electrons. The van der Waals surface area contributed by atoms with Crippen LogP contribution in [-0.2, 0) is 11.3 Å². The summed E-state index contributed by atoms with van der Waals surface area (Å²) in [6, 6.07) is 21.4. The lowest BCUT2D eigenvalue weighted by Crippen LogP contribution is -2.24. The molecule has 0 atom stereocenters. The number of rotatable bonds is 6. The zero-order chi connectivity index (χ0) is 19.9. The fourth-order valence-electron chi connectivity index (χ4n) is 2.74. The predicted octanol–water partition coefficient (Wildman–Crippen LogP) is 4.70. The summed E-state index contributed by atoms with van der Waals surface area (Å²) in [7, 11) is 1.69. The highest BCUT2D eigenvalue weighted by atomic mass is 19.1. The molecular weight excluding hydrogens is 353 g/mol. The number of likely N-dealkylation sites (N-methyl/N-ethyl adjacent to an activating group) is 1. The SMILES string of the molecule is CN(C(=O)/C=C/c1ccc(CNc2cccc(F)c2)cc1)c1ccccc1N. The molecule has 5 heteroatoms. The van der Waals surface area contributed by atoms with Gasteiger partial charge in [0, 0.05) is 25.4 Å². The molecule has 0 aliphatic carbocycles. The minimum absolute atomic E-state index is 0.158. The Kier molecular flexibility index (Phi) is 6.07. The lowest BCUT2D eigenvalue weighted by molar-refractivity contribution is -0.113. The van der Waals surface area contributed by atoms with Crippen molar-refractivity contribution in [1.29, 1.82) is 0 Å². The Morgan fingerprint density at radius 2 is 1.82 bits per heavy atom. The van der Waals surface area contributed by atoms with Crippen molar-refractivity contribution in [2.75, 3.05) is 23.0 Å². The number of carbonyl (C=O) groups excluding carboxylic acids is 1. The van der Waals surface area contributed by atoms with Gasteiger partial charge in [0.2, 0.25) is 0 Å². The number of carbonyl (C=O) groups is 1. The third-order valence-corrected chi connectivity index (χ3v) is 4.35. The second kappa shape index (κ2) is 8.86. The highest BCUT2D eigenvalue weighted by Gasteiger charge is 2.09. The first-order chi connectivity index (χ1) is 13.5. The van der Waals surface area contributed by atoms with Gasteiger partial charge in [0.15, 0.2) is 0 Å². The third kappa shape index (κ3) is 4.98. The van der Waals surface area contributed by atoms with Gasteiger partial charge in [-0.15, -0.1) is 0 Å². The number of amides is 1. The van der Waals surface area contributed by atoms with Crippen LogP contribution < -0.4 is 16.0 Å². The molecule has 3 aromatic rings. The lowest BCUT2D eigenvalue weighted by Gasteiger charge is -2.17. The third-order valence-electron chi connectivity index (χ3n) is 4.35. The van der Waals surface area contributed by atoms with E-state index in [4.69, 9.17) is 5.73 Å². The second-order valence-corrected chi connectivity index (χ2v) is 6.39. The molecule has 142 valence electrons. The first-order valence-electron chi connectivity index (χ1n) is 8.91. The van der Waals surface area contributed by atoms with Crippen molar-refractivity contribution in [3.8, 4) is 0 Å². The van der Waals surface area contributed by atoms with E-state index in [1.54, 1.807) is 25.3 Å². The summed E-state index contributed by atoms with van der Waals surface area (Å²) >= 11 is 0. The van der Waals surface area contributed by atoms with E-state index in [-0.39, 0.29) is 11.7 Å². The van der Waals surface area contributed by atoms with Crippen LogP contribution in [0.1, 0.15) is 11.1 Å². The van der Waals surface area contributed by atoms with E-state index in [1.807, 2.05) is 48.5 Å². The molecule has 28 heavy (non-hydrogen) atoms. The normalized spacial score (nSPS) is 10.8. The van der Waals surface area contributed by atoms with Crippen LogP contribution in [0, 0.1) is 5.82 Å². The molecule has 0 bridgehead atoms. The van der Waals surface area contributed by atoms with E-state index in [0.29, 0.717) is 17.9 Å². The zero-order valence-corrected chi connectivity index (χ0v) is 15.6. The van der Waals surface area contributed by atoms with Crippen LogP contribution in [0.2, 0.25) is 0 Å². The summed E-state index contributed by atoms with van der Waals surface area (Å²) in [6.07, 6.45) is 3.29. The molecule has 3 rings (SSSR count). The molecular formula is C23H22FN3O. The maximum absolute atomic E-state index is 13.2. The van der Waals surface area contributed by atoms with Crippen LogP contribution in [0.5, 0.6) is 0 Å². The van der Waals surface area contributed by atoms with Gasteiger partial charge in [-0.1, -0.05) is 42.5 Å². The molecule has 0 spiro atoms. The van der Waals surface area contributed by atoms with Crippen molar-refractivity contribution in [2.24, 2.45) is 0 Å². The van der Waals surface area contributed by atoms with Crippen LogP contribution in [0.3, 0.4) is 0 Å². The van der Waals surface area contributed by atoms with Crippen molar-refractivity contribution in [2.45, 2.75) is 6.54 Å². The minimum atomic E-state index is -0.266. The van der Waals surface area contributed by atoms with Crippen molar-refractivity contribution in [1.82, 2.24) is 0 Å². The van der Waals surface area contributed by atoms with E-state index < -0.39 is 0 Å². The molecule has 0 saturated carbocycles. The number of nitrogens with two attached hydrogens (primary N) is 1. The number of benzene rings is 3. The van der Waals surface area contributed by atoms with Gasteiger partial charge < -0.3 is 16.0 Å². The van der Waals surface area contributed by atoms with Crippen molar-refractivity contribution in [3.63, 3.8) is 0 Å². The van der Waals surface area contributed by atoms with Crippen molar-refractivity contribution < 1.29 is 9.18 Å². The molecule has 0 aromatic heterocycles. The van der Waals surface area contributed by atoms with E-state index in [1.165, 1.54) is 23.1 Å². The van der Waals surface area contributed by atoms with Gasteiger partial charge in [-0.25, -0.2) is 4.39 Å². The highest BCUT2D eigenvalue weighted by molar-refractivity contribution is 6.05. The standard InChI is InChI=1S/C23H22FN3O/c1-27(22-8-3-2-7-21(22)25)23(28)14-13-17-9-11-18(12-10-17)16-26-20-6-4-5-19(24)15-20/h2-15,26H,16,25H2,1H3/b14-13+. The van der Waals surface area contributed by atoms with Gasteiger partial charge in [0.1, 0.15) is 5.82 Å². The molecule has 0 heterocycles. The fourth-order valence-corrected chi connectivity index (χ4v) is 2.74. The van der Waals surface area contributed by atoms with Gasteiger partial charge in [0.25, 0.3) is 5.91 Å². The number of anilines is 3. The summed E-state index contributed by atoms with van der Waals surface area (Å²) in [4.78, 5) is 13.9. The van der Waals surface area contributed by atoms with Gasteiger partial charge >= 0.3 is 0 Å². The van der Waals surface area contributed by atoms with Gasteiger partial charge in [-0.3, -0.25) is 4.79 Å². The molecule has 0 saturated heterocycles. The van der Waals surface area contributed by atoms with Crippen LogP contribution in [0.4, 0.5) is 21.5 Å². The second-order valence-electron chi connectivity index (χ2n) is 6.39. The number of hydrogen-bond donors (Lipinski definition) is 2. The average molecular weight is 375 g/mol. The quantitative estimate of drug-likeness (QED) is 0.485. The summed E-state index contributed by atoms with van der Waals surface area (Å²) < 4.78 is 13.2. The van der Waals surface area contributed by atoms with Crippen LogP contribution in [-0.4, -0.2) is 13.0 Å². The number of nitrogen functional groups attached to an aromatic ring is 1. The predicted molar refractivity (Wildman–Crippen MR) is 113 cm³/mol. The molecule has 3 aromatic carbocycles. The van der Waals surface area contributed by atoms with Crippen LogP contribution >= 0.6 is 0 Å². The first kappa shape index (κ1) is 19.2. The highest BCUT2D eigenvalue weighted by Crippen LogP contribution is 2.21. The molecule has 0 aliphatic heterocycles. The molecule has 0 fully saturated rings. The Morgan fingerprint density at radius 1 is 1.07 bits per heavy atom. The van der Waals surface area contributed by atoms with Crippen LogP contribution in [0.25, 0.3) is 6.08 Å². The van der Waals surface area contributed by atoms with Gasteiger partial charge in [-0.2, -0.15) is 0 Å². The van der Waals surface area contributed by atoms with Crippen LogP contribution in [0.15, 0.2) is 78.9 Å². The summed E-state index contributed by atoms with van der Waals surface area (Å²) in [5.41, 5.74) is 9.86. The zero-order valence-electron chi connectivity index (χ0n) is 15.6. The van der Waals surface area contributed by atoms with Gasteiger partial charge in [0.05, 0.1) is 11.4 Å². The maximum Gasteiger partial charge on any atom is 0.250 e. The van der Waals surface area contributed by atoms with E-state index in [0.717, 1.165) is 16.8 Å². The number of nitrogens with zero attached hydrogens (tertiary/aromatic N) is 1. The minimum Gasteiger partial charge on any atom is -0.397 e. The Bertz CT molecular complexity index is 983. The molecule has 0 aliphatic rings. The maximum atomic E-state index is 13.2. The molecule has 4 nitrogen and oxygen atoms in total. The smallest absolute Gasteiger partial charge is 0.250 e. The number of para-hydroxylation sites is 2. The monoisotopic (exact) mass is 375 g/mol. The Labute approximate surface area is 164 Å². The van der Waals surface area contributed by atoms with E-state index in [9.17, 15) is 9.18 Å². The lowest BCUT2D eigenvalue weighted by atomic mass is 10.1. The van der Waals surface area contributed by atoms with Gasteiger partial charge in [-0.05, 0) is 47.5 Å². The summed E-state index contributed by atoms with van der Waals surface area (Å²) in [5.74, 6) is -0.424. The first-order valence-corrected chi connectivity index (χ1v) is 8.91. The summed E-state index contributed by atoms with van der Waals surface area (Å²) in [6.45, 7) is 0.586.